The molecule has 0 radical (unpaired) electrons. The molecule has 19 atom stereocenters. The average molecular weight is 873 g/mol. The highest BCUT2D eigenvalue weighted by molar-refractivity contribution is 5.89. The molecule has 5 saturated carbocycles. The number of methoxy groups -OCH3 is 2. The predicted octanol–water partition coefficient (Wildman–Crippen LogP) is 4.12. The number of aliphatic hydroxyl groups excluding tert-OH is 3. The molecule has 0 aromatic heterocycles. The third-order valence-electron chi connectivity index (χ3n) is 17.3. The van der Waals surface area contributed by atoms with Crippen molar-refractivity contribution in [3.8, 4) is 5.75 Å². The third-order valence-corrected chi connectivity index (χ3v) is 17.3. The predicted molar refractivity (Wildman–Crippen MR) is 219 cm³/mol. The second-order valence-corrected chi connectivity index (χ2v) is 20.0. The van der Waals surface area contributed by atoms with Gasteiger partial charge >= 0.3 is 11.9 Å². The molecule has 0 unspecified atom stereocenters. The van der Waals surface area contributed by atoms with Crippen LogP contribution in [0.15, 0.2) is 24.3 Å². The van der Waals surface area contributed by atoms with Gasteiger partial charge in [-0.05, 0) is 105 Å². The van der Waals surface area contributed by atoms with Gasteiger partial charge in [-0.2, -0.15) is 0 Å². The van der Waals surface area contributed by atoms with Crippen LogP contribution in [0, 0.1) is 45.8 Å². The largest absolute Gasteiger partial charge is 0.497 e. The second kappa shape index (κ2) is 17.2. The Morgan fingerprint density at radius 2 is 1.52 bits per heavy atom. The van der Waals surface area contributed by atoms with Crippen molar-refractivity contribution in [2.45, 2.75) is 166 Å². The Kier molecular flexibility index (Phi) is 12.7. The summed E-state index contributed by atoms with van der Waals surface area (Å²) in [5.41, 5.74) is -1.94. The summed E-state index contributed by atoms with van der Waals surface area (Å²) >= 11 is 0. The van der Waals surface area contributed by atoms with Gasteiger partial charge in [0.2, 0.25) is 0 Å². The fourth-order valence-corrected chi connectivity index (χ4v) is 14.0. The molecule has 4 N–H and O–H groups in total. The van der Waals surface area contributed by atoms with E-state index in [1.54, 1.807) is 12.1 Å². The Balaban J connectivity index is 1.09. The number of benzene rings is 1. The number of ketones is 1. The second-order valence-electron chi connectivity index (χ2n) is 20.0. The standard InChI is InChI=1S/C47H68O15/c1-8-9-10-32(49)24(2)47(54)36(20-31-29-19-35(56-7)46-21-27(46)15-17-44(46,4)30(29)16-18-45(31,47)5)60-43-40(59-25(3)48)38(34(51)23-58-43)62-42-39(37(52)33(50)22-57-42)61-41(53)26-11-13-28(55-6)14-12-26/h11-14,24,27,29-31,33-40,42-43,50-52,54H,8-10,15-23H2,1-7H3/t24-,27-,29-,30+,31+,33-,34+,35-,36+,37+,38+,39-,40-,42+,43+,44-,45+,46+,47-/m1/s1. The first-order valence-electron chi connectivity index (χ1n) is 22.9. The van der Waals surface area contributed by atoms with Gasteiger partial charge in [-0.3, -0.25) is 9.59 Å². The lowest BCUT2D eigenvalue weighted by molar-refractivity contribution is -0.345. The number of aliphatic hydroxyl groups is 4. The third kappa shape index (κ3) is 7.24. The molecule has 7 aliphatic rings. The number of ether oxygens (including phenoxy) is 8. The quantitative estimate of drug-likeness (QED) is 0.194. The zero-order valence-electron chi connectivity index (χ0n) is 37.2. The van der Waals surface area contributed by atoms with Gasteiger partial charge in [-0.1, -0.05) is 34.1 Å². The smallest absolute Gasteiger partial charge is 0.338 e. The summed E-state index contributed by atoms with van der Waals surface area (Å²) in [6, 6.07) is 6.08. The van der Waals surface area contributed by atoms with Crippen molar-refractivity contribution >= 4 is 17.7 Å². The molecule has 5 aliphatic carbocycles. The molecule has 2 aliphatic heterocycles. The molecule has 7 fully saturated rings. The van der Waals surface area contributed by atoms with Gasteiger partial charge in [0.1, 0.15) is 41.5 Å². The summed E-state index contributed by atoms with van der Waals surface area (Å²) in [6.07, 6.45) is -4.40. The molecule has 0 bridgehead atoms. The van der Waals surface area contributed by atoms with Crippen LogP contribution in [0.3, 0.4) is 0 Å². The van der Waals surface area contributed by atoms with Crippen LogP contribution < -0.4 is 4.74 Å². The molecule has 2 saturated heterocycles. The van der Waals surface area contributed by atoms with E-state index < -0.39 is 90.8 Å². The Hall–Kier alpha value is -2.73. The minimum Gasteiger partial charge on any atom is -0.497 e. The minimum atomic E-state index is -1.65. The average Bonchev–Trinajstić information content (AvgIpc) is 3.85. The molecular weight excluding hydrogens is 805 g/mol. The molecule has 15 nitrogen and oxygen atoms in total. The summed E-state index contributed by atoms with van der Waals surface area (Å²) in [5.74, 6) is -0.625. The highest BCUT2D eigenvalue weighted by Crippen LogP contribution is 2.82. The van der Waals surface area contributed by atoms with Gasteiger partial charge in [0.05, 0.1) is 38.1 Å². The van der Waals surface area contributed by atoms with Gasteiger partial charge < -0.3 is 58.3 Å². The zero-order chi connectivity index (χ0) is 44.5. The molecule has 1 spiro atoms. The molecule has 2 heterocycles. The first-order valence-corrected chi connectivity index (χ1v) is 22.9. The maximum Gasteiger partial charge on any atom is 0.338 e. The fraction of sp³-hybridized carbons (Fsp3) is 0.809. The van der Waals surface area contributed by atoms with Gasteiger partial charge in [0.15, 0.2) is 24.8 Å². The van der Waals surface area contributed by atoms with Gasteiger partial charge in [-0.25, -0.2) is 4.79 Å². The van der Waals surface area contributed by atoms with Crippen molar-refractivity contribution in [3.05, 3.63) is 29.8 Å². The normalized spacial score (nSPS) is 46.0. The Bertz CT molecular complexity index is 1810. The van der Waals surface area contributed by atoms with E-state index in [4.69, 9.17) is 37.9 Å². The van der Waals surface area contributed by atoms with E-state index in [0.29, 0.717) is 43.3 Å². The Labute approximate surface area is 364 Å². The molecule has 0 amide bonds. The first kappa shape index (κ1) is 45.8. The molecular formula is C47H68O15. The molecule has 15 heteroatoms. The number of hydrogen-bond acceptors (Lipinski definition) is 15. The van der Waals surface area contributed by atoms with E-state index in [-0.39, 0.29) is 46.7 Å². The van der Waals surface area contributed by atoms with E-state index in [2.05, 4.69) is 13.8 Å². The van der Waals surface area contributed by atoms with Crippen LogP contribution in [-0.4, -0.2) is 133 Å². The summed E-state index contributed by atoms with van der Waals surface area (Å²) in [4.78, 5) is 40.2. The minimum absolute atomic E-state index is 0.0274. The fourth-order valence-electron chi connectivity index (χ4n) is 14.0. The number of hydrogen-bond donors (Lipinski definition) is 4. The van der Waals surface area contributed by atoms with E-state index in [1.165, 1.54) is 39.0 Å². The maximum absolute atomic E-state index is 14.1. The van der Waals surface area contributed by atoms with E-state index in [9.17, 15) is 34.8 Å². The number of rotatable bonds is 14. The topological polar surface area (TPSA) is 206 Å². The zero-order valence-corrected chi connectivity index (χ0v) is 37.2. The van der Waals surface area contributed by atoms with Crippen molar-refractivity contribution < 1.29 is 72.7 Å². The lowest BCUT2D eigenvalue weighted by atomic mass is 9.44. The molecule has 1 aromatic carbocycles. The number of carbonyl (C=O) groups excluding carboxylic acids is 3. The summed E-state index contributed by atoms with van der Waals surface area (Å²) in [6.45, 7) is 8.88. The van der Waals surface area contributed by atoms with Crippen LogP contribution in [-0.2, 0) is 42.7 Å². The molecule has 62 heavy (non-hydrogen) atoms. The lowest BCUT2D eigenvalue weighted by Crippen LogP contribution is -2.64. The van der Waals surface area contributed by atoms with Crippen LogP contribution in [0.5, 0.6) is 5.75 Å². The molecule has 346 valence electrons. The number of esters is 2. The monoisotopic (exact) mass is 872 g/mol. The first-order chi connectivity index (χ1) is 29.5. The van der Waals surface area contributed by atoms with Crippen molar-refractivity contribution in [2.24, 2.45) is 45.8 Å². The van der Waals surface area contributed by atoms with E-state index in [1.807, 2.05) is 21.0 Å². The van der Waals surface area contributed by atoms with Gasteiger partial charge in [0, 0.05) is 37.2 Å². The van der Waals surface area contributed by atoms with Crippen LogP contribution >= 0.6 is 0 Å². The van der Waals surface area contributed by atoms with Crippen molar-refractivity contribution in [3.63, 3.8) is 0 Å². The number of carbonyl (C=O) groups is 3. The lowest BCUT2D eigenvalue weighted by Gasteiger charge is -2.61. The Morgan fingerprint density at radius 1 is 0.839 bits per heavy atom. The SMILES string of the molecule is CCCCC(=O)[C@@H](C)[C@@]1(O)[C@@H](O[C@@H]2OC[C@H](O)[C@H](O[C@@H]3OC[C@@H](O)[C@H](O)[C@H]3OC(=O)c3ccc(OC)cc3)[C@H]2OC(C)=O)C[C@H]2[C@@H]3C[C@@H](OC)[C@]45C[C@H]4CC[C@]5(C)[C@H]3CC[C@@]21C. The summed E-state index contributed by atoms with van der Waals surface area (Å²) in [5, 5.41) is 46.6. The maximum atomic E-state index is 14.1. The number of fused-ring (bicyclic) bond motifs is 4. The van der Waals surface area contributed by atoms with Crippen LogP contribution in [0.25, 0.3) is 0 Å². The molecule has 1 aromatic rings. The summed E-state index contributed by atoms with van der Waals surface area (Å²) in [7, 11) is 3.32. The summed E-state index contributed by atoms with van der Waals surface area (Å²) < 4.78 is 48.2. The van der Waals surface area contributed by atoms with Crippen LogP contribution in [0.2, 0.25) is 0 Å². The van der Waals surface area contributed by atoms with Crippen molar-refractivity contribution in [2.75, 3.05) is 27.4 Å². The van der Waals surface area contributed by atoms with E-state index >= 15 is 0 Å². The van der Waals surface area contributed by atoms with Crippen molar-refractivity contribution in [1.82, 2.24) is 0 Å². The highest BCUT2D eigenvalue weighted by atomic mass is 16.8. The van der Waals surface area contributed by atoms with Gasteiger partial charge in [0.25, 0.3) is 0 Å². The molecule has 8 rings (SSSR count). The van der Waals surface area contributed by atoms with Gasteiger partial charge in [-0.15, -0.1) is 0 Å². The van der Waals surface area contributed by atoms with Crippen molar-refractivity contribution in [1.29, 1.82) is 0 Å². The highest BCUT2D eigenvalue weighted by Gasteiger charge is 2.79. The number of unbranched alkanes of at least 4 members (excludes halogenated alkanes) is 1. The van der Waals surface area contributed by atoms with Crippen LogP contribution in [0.1, 0.15) is 109 Å². The Morgan fingerprint density at radius 3 is 2.16 bits per heavy atom. The van der Waals surface area contributed by atoms with E-state index in [0.717, 1.165) is 25.7 Å². The number of Topliss-reactive ketones (excluding diaryl/α,β-unsaturated/α-hetero) is 1. The van der Waals surface area contributed by atoms with Crippen LogP contribution in [0.4, 0.5) is 0 Å².